The van der Waals surface area contributed by atoms with E-state index in [1.54, 1.807) is 18.6 Å². The molecule has 0 saturated heterocycles. The molecule has 0 saturated carbocycles. The number of likely N-dealkylation sites (N-methyl/N-ethyl adjacent to an activating group) is 1. The van der Waals surface area contributed by atoms with Crippen LogP contribution in [0.15, 0.2) is 23.1 Å². The molecule has 2 heterocycles. The lowest BCUT2D eigenvalue weighted by Gasteiger charge is -2.24. The largest absolute Gasteiger partial charge is 0.339 e. The van der Waals surface area contributed by atoms with Crippen LogP contribution in [0.5, 0.6) is 0 Å². The molecule has 1 N–H and O–H groups in total. The highest BCUT2D eigenvalue weighted by Gasteiger charge is 2.28. The highest BCUT2D eigenvalue weighted by molar-refractivity contribution is 5.45. The first-order valence-electron chi connectivity index (χ1n) is 6.96. The summed E-state index contributed by atoms with van der Waals surface area (Å²) >= 11 is 0. The van der Waals surface area contributed by atoms with Crippen molar-refractivity contribution in [1.29, 1.82) is 0 Å². The summed E-state index contributed by atoms with van der Waals surface area (Å²) < 4.78 is 5.44. The quantitative estimate of drug-likeness (QED) is 0.871. The second-order valence-corrected chi connectivity index (χ2v) is 5.16. The number of hydrogen-bond acceptors (Lipinski definition) is 6. The Morgan fingerprint density at radius 2 is 2.05 bits per heavy atom. The molecule has 2 rings (SSSR count). The summed E-state index contributed by atoms with van der Waals surface area (Å²) in [5.74, 6) is 1.71. The van der Waals surface area contributed by atoms with E-state index >= 15 is 0 Å². The van der Waals surface area contributed by atoms with Crippen LogP contribution in [0.2, 0.25) is 0 Å². The van der Waals surface area contributed by atoms with Gasteiger partial charge in [-0.3, -0.25) is 4.98 Å². The van der Waals surface area contributed by atoms with Crippen LogP contribution in [0, 0.1) is 5.92 Å². The Morgan fingerprint density at radius 1 is 1.25 bits per heavy atom. The molecular weight excluding hydrogens is 254 g/mol. The van der Waals surface area contributed by atoms with Crippen molar-refractivity contribution in [1.82, 2.24) is 25.4 Å². The summed E-state index contributed by atoms with van der Waals surface area (Å²) in [4.78, 5) is 12.7. The van der Waals surface area contributed by atoms with Crippen LogP contribution in [0.4, 0.5) is 0 Å². The molecule has 2 aromatic rings. The third-order valence-corrected chi connectivity index (χ3v) is 3.30. The van der Waals surface area contributed by atoms with Crippen molar-refractivity contribution in [2.24, 2.45) is 5.92 Å². The van der Waals surface area contributed by atoms with E-state index in [9.17, 15) is 0 Å². The zero-order chi connectivity index (χ0) is 14.5. The van der Waals surface area contributed by atoms with E-state index < -0.39 is 0 Å². The van der Waals surface area contributed by atoms with Gasteiger partial charge in [-0.05, 0) is 19.4 Å². The van der Waals surface area contributed by atoms with Crippen molar-refractivity contribution in [3.8, 4) is 11.5 Å². The fraction of sp³-hybridized carbons (Fsp3) is 0.571. The molecule has 2 atom stereocenters. The monoisotopic (exact) mass is 275 g/mol. The summed E-state index contributed by atoms with van der Waals surface area (Å²) in [6.07, 6.45) is 4.87. The van der Waals surface area contributed by atoms with Crippen molar-refractivity contribution in [3.05, 3.63) is 24.5 Å². The molecule has 0 fully saturated rings. The average molecular weight is 275 g/mol. The predicted molar refractivity (Wildman–Crippen MR) is 76.0 cm³/mol. The predicted octanol–water partition coefficient (Wildman–Crippen LogP) is 2.26. The molecule has 0 aliphatic heterocycles. The Bertz CT molecular complexity index is 525. The van der Waals surface area contributed by atoms with Crippen LogP contribution >= 0.6 is 0 Å². The molecular formula is C14H21N5O. The summed E-state index contributed by atoms with van der Waals surface area (Å²) in [5.41, 5.74) is 0.626. The Labute approximate surface area is 119 Å². The van der Waals surface area contributed by atoms with Crippen LogP contribution in [0.25, 0.3) is 11.5 Å². The summed E-state index contributed by atoms with van der Waals surface area (Å²) in [6.45, 7) is 9.46. The first kappa shape index (κ1) is 14.6. The standard InChI is InChI=1S/C14H21N5O/c1-5-16-10(4)12(9(2)3)14-18-13(19-20-14)11-8-15-6-7-17-11/h6-10,12,16H,5H2,1-4H3. The minimum atomic E-state index is 0.174. The van der Waals surface area contributed by atoms with Crippen LogP contribution in [-0.4, -0.2) is 32.7 Å². The van der Waals surface area contributed by atoms with E-state index in [4.69, 9.17) is 4.52 Å². The molecule has 0 spiro atoms. The van der Waals surface area contributed by atoms with Crippen LogP contribution in [0.3, 0.4) is 0 Å². The van der Waals surface area contributed by atoms with Gasteiger partial charge >= 0.3 is 0 Å². The zero-order valence-corrected chi connectivity index (χ0v) is 12.4. The van der Waals surface area contributed by atoms with Gasteiger partial charge in [-0.1, -0.05) is 25.9 Å². The van der Waals surface area contributed by atoms with Crippen molar-refractivity contribution in [2.75, 3.05) is 6.54 Å². The van der Waals surface area contributed by atoms with Crippen molar-refractivity contribution >= 4 is 0 Å². The molecule has 2 unspecified atom stereocenters. The molecule has 0 amide bonds. The highest BCUT2D eigenvalue weighted by atomic mass is 16.5. The molecule has 20 heavy (non-hydrogen) atoms. The van der Waals surface area contributed by atoms with Gasteiger partial charge in [-0.2, -0.15) is 4.98 Å². The van der Waals surface area contributed by atoms with Crippen molar-refractivity contribution in [3.63, 3.8) is 0 Å². The Balaban J connectivity index is 2.25. The smallest absolute Gasteiger partial charge is 0.231 e. The Morgan fingerprint density at radius 3 is 2.65 bits per heavy atom. The second kappa shape index (κ2) is 6.56. The Hall–Kier alpha value is -1.82. The van der Waals surface area contributed by atoms with Gasteiger partial charge in [0.25, 0.3) is 0 Å². The van der Waals surface area contributed by atoms with Crippen LogP contribution < -0.4 is 5.32 Å². The molecule has 0 bridgehead atoms. The van der Waals surface area contributed by atoms with Gasteiger partial charge in [0, 0.05) is 18.4 Å². The fourth-order valence-corrected chi connectivity index (χ4v) is 2.41. The lowest BCUT2D eigenvalue weighted by molar-refractivity contribution is 0.281. The van der Waals surface area contributed by atoms with E-state index in [1.807, 2.05) is 0 Å². The van der Waals surface area contributed by atoms with Gasteiger partial charge in [0.2, 0.25) is 11.7 Å². The topological polar surface area (TPSA) is 76.7 Å². The van der Waals surface area contributed by atoms with Gasteiger partial charge in [0.1, 0.15) is 5.69 Å². The van der Waals surface area contributed by atoms with E-state index in [-0.39, 0.29) is 12.0 Å². The maximum atomic E-state index is 5.44. The fourth-order valence-electron chi connectivity index (χ4n) is 2.41. The van der Waals surface area contributed by atoms with E-state index in [0.29, 0.717) is 23.3 Å². The maximum absolute atomic E-state index is 5.44. The highest BCUT2D eigenvalue weighted by Crippen LogP contribution is 2.28. The first-order valence-corrected chi connectivity index (χ1v) is 6.96. The molecule has 6 nitrogen and oxygen atoms in total. The van der Waals surface area contributed by atoms with E-state index in [1.165, 1.54) is 0 Å². The molecule has 2 aromatic heterocycles. The summed E-state index contributed by atoms with van der Waals surface area (Å²) in [7, 11) is 0. The summed E-state index contributed by atoms with van der Waals surface area (Å²) in [5, 5.41) is 7.43. The van der Waals surface area contributed by atoms with Gasteiger partial charge in [-0.15, -0.1) is 0 Å². The SMILES string of the molecule is CCNC(C)C(c1nc(-c2cnccn2)no1)C(C)C. The lowest BCUT2D eigenvalue weighted by Crippen LogP contribution is -2.34. The normalized spacial score (nSPS) is 14.4. The third kappa shape index (κ3) is 3.19. The molecule has 108 valence electrons. The molecule has 0 aliphatic carbocycles. The van der Waals surface area contributed by atoms with Gasteiger partial charge in [0.15, 0.2) is 0 Å². The van der Waals surface area contributed by atoms with Crippen LogP contribution in [0.1, 0.15) is 39.5 Å². The van der Waals surface area contributed by atoms with Crippen LogP contribution in [-0.2, 0) is 0 Å². The molecule has 0 radical (unpaired) electrons. The second-order valence-electron chi connectivity index (χ2n) is 5.16. The lowest BCUT2D eigenvalue weighted by atomic mass is 9.89. The molecule has 0 aromatic carbocycles. The van der Waals surface area contributed by atoms with Gasteiger partial charge < -0.3 is 9.84 Å². The third-order valence-electron chi connectivity index (χ3n) is 3.30. The molecule has 0 aliphatic rings. The van der Waals surface area contributed by atoms with Crippen molar-refractivity contribution < 1.29 is 4.52 Å². The minimum absolute atomic E-state index is 0.174. The number of nitrogens with one attached hydrogen (secondary N) is 1. The minimum Gasteiger partial charge on any atom is -0.339 e. The molecule has 6 heteroatoms. The van der Waals surface area contributed by atoms with Gasteiger partial charge in [0.05, 0.1) is 12.1 Å². The summed E-state index contributed by atoms with van der Waals surface area (Å²) in [6, 6.07) is 0.273. The Kier molecular flexibility index (Phi) is 4.79. The number of hydrogen-bond donors (Lipinski definition) is 1. The maximum Gasteiger partial charge on any atom is 0.231 e. The van der Waals surface area contributed by atoms with E-state index in [0.717, 1.165) is 6.54 Å². The number of aromatic nitrogens is 4. The van der Waals surface area contributed by atoms with E-state index in [2.05, 4.69) is 53.1 Å². The number of rotatable bonds is 6. The van der Waals surface area contributed by atoms with Gasteiger partial charge in [-0.25, -0.2) is 4.98 Å². The zero-order valence-electron chi connectivity index (χ0n) is 12.4. The van der Waals surface area contributed by atoms with Crippen molar-refractivity contribution in [2.45, 2.75) is 39.7 Å². The first-order chi connectivity index (χ1) is 9.63. The average Bonchev–Trinajstić information content (AvgIpc) is 2.89. The number of nitrogens with zero attached hydrogens (tertiary/aromatic N) is 4.